The van der Waals surface area contributed by atoms with Crippen molar-refractivity contribution in [2.75, 3.05) is 0 Å². The fourth-order valence-electron chi connectivity index (χ4n) is 1.34. The number of ketones is 1. The summed E-state index contributed by atoms with van der Waals surface area (Å²) in [7, 11) is 0. The van der Waals surface area contributed by atoms with E-state index in [4.69, 9.17) is 0 Å². The van der Waals surface area contributed by atoms with Crippen LogP contribution in [0.3, 0.4) is 0 Å². The Balaban J connectivity index is 2.60. The number of carbonyl (C=O) groups excluding carboxylic acids is 1. The van der Waals surface area contributed by atoms with E-state index in [2.05, 4.69) is 22.9 Å². The normalized spacial score (nSPS) is 10.3. The van der Waals surface area contributed by atoms with Gasteiger partial charge in [0.25, 0.3) is 0 Å². The summed E-state index contributed by atoms with van der Waals surface area (Å²) in [5.74, 6) is -0.0733. The topological polar surface area (TPSA) is 17.1 Å². The molecule has 1 rings (SSSR count). The van der Waals surface area contributed by atoms with Crippen LogP contribution in [0.1, 0.15) is 31.7 Å². The molecule has 0 aliphatic rings. The number of hydrogen-bond donors (Lipinski definition) is 0. The zero-order valence-corrected chi connectivity index (χ0v) is 10.3. The molecule has 0 atom stereocenters. The molecule has 0 aliphatic carbocycles. The van der Waals surface area contributed by atoms with Gasteiger partial charge in [-0.1, -0.05) is 35.3 Å². The number of benzene rings is 1. The van der Waals surface area contributed by atoms with Gasteiger partial charge in [-0.15, -0.1) is 0 Å². The second-order valence-electron chi connectivity index (χ2n) is 3.55. The summed E-state index contributed by atoms with van der Waals surface area (Å²) >= 11 is 3.25. The van der Waals surface area contributed by atoms with Gasteiger partial charge in [0.2, 0.25) is 0 Å². The molecule has 15 heavy (non-hydrogen) atoms. The van der Waals surface area contributed by atoms with Gasteiger partial charge in [-0.3, -0.25) is 4.79 Å². The van der Waals surface area contributed by atoms with Crippen molar-refractivity contribution < 1.29 is 9.18 Å². The number of unbranched alkanes of at least 4 members (excludes halogenated alkanes) is 1. The fraction of sp³-hybridized carbons (Fsp3) is 0.417. The Kier molecular flexibility index (Phi) is 4.95. The highest BCUT2D eigenvalue weighted by molar-refractivity contribution is 9.10. The largest absolute Gasteiger partial charge is 0.299 e. The molecule has 0 spiro atoms. The average Bonchev–Trinajstić information content (AvgIpc) is 2.19. The third-order valence-electron chi connectivity index (χ3n) is 2.21. The quantitative estimate of drug-likeness (QED) is 0.795. The first-order valence-electron chi connectivity index (χ1n) is 5.09. The van der Waals surface area contributed by atoms with Gasteiger partial charge < -0.3 is 0 Å². The maximum Gasteiger partial charge on any atom is 0.137 e. The van der Waals surface area contributed by atoms with E-state index in [9.17, 15) is 9.18 Å². The molecule has 0 saturated carbocycles. The van der Waals surface area contributed by atoms with Crippen molar-refractivity contribution in [2.24, 2.45) is 0 Å². The van der Waals surface area contributed by atoms with Gasteiger partial charge in [-0.2, -0.15) is 0 Å². The summed E-state index contributed by atoms with van der Waals surface area (Å²) in [6, 6.07) is 4.43. The van der Waals surface area contributed by atoms with E-state index < -0.39 is 0 Å². The molecule has 0 fully saturated rings. The lowest BCUT2D eigenvalue weighted by molar-refractivity contribution is -0.118. The van der Waals surface area contributed by atoms with Crippen molar-refractivity contribution in [1.82, 2.24) is 0 Å². The van der Waals surface area contributed by atoms with E-state index in [1.54, 1.807) is 6.07 Å². The van der Waals surface area contributed by atoms with E-state index in [1.165, 1.54) is 12.1 Å². The molecular weight excluding hydrogens is 259 g/mol. The number of hydrogen-bond acceptors (Lipinski definition) is 1. The Morgan fingerprint density at radius 1 is 1.47 bits per heavy atom. The molecule has 0 heterocycles. The highest BCUT2D eigenvalue weighted by atomic mass is 79.9. The Bertz CT molecular complexity index is 349. The monoisotopic (exact) mass is 272 g/mol. The minimum atomic E-state index is -0.286. The van der Waals surface area contributed by atoms with Crippen LogP contribution in [-0.2, 0) is 11.2 Å². The fourth-order valence-corrected chi connectivity index (χ4v) is 1.83. The zero-order valence-electron chi connectivity index (χ0n) is 8.72. The lowest BCUT2D eigenvalue weighted by Gasteiger charge is -2.03. The first-order valence-corrected chi connectivity index (χ1v) is 5.88. The molecule has 3 heteroatoms. The van der Waals surface area contributed by atoms with Crippen LogP contribution in [0.25, 0.3) is 0 Å². The molecule has 1 nitrogen and oxygen atoms in total. The van der Waals surface area contributed by atoms with Gasteiger partial charge in [0.15, 0.2) is 0 Å². The first kappa shape index (κ1) is 12.4. The van der Waals surface area contributed by atoms with Gasteiger partial charge in [-0.25, -0.2) is 4.39 Å². The van der Waals surface area contributed by atoms with Crippen molar-refractivity contribution in [3.8, 4) is 0 Å². The third kappa shape index (κ3) is 4.12. The zero-order chi connectivity index (χ0) is 11.3. The second-order valence-corrected chi connectivity index (χ2v) is 4.41. The Hall–Kier alpha value is -0.700. The predicted molar refractivity (Wildman–Crippen MR) is 62.3 cm³/mol. The van der Waals surface area contributed by atoms with Crippen LogP contribution < -0.4 is 0 Å². The van der Waals surface area contributed by atoms with Gasteiger partial charge in [0, 0.05) is 17.3 Å². The van der Waals surface area contributed by atoms with Crippen LogP contribution in [0.15, 0.2) is 22.7 Å². The molecule has 0 aromatic heterocycles. The molecule has 0 unspecified atom stereocenters. The maximum atomic E-state index is 12.8. The van der Waals surface area contributed by atoms with E-state index in [1.807, 2.05) is 0 Å². The summed E-state index contributed by atoms with van der Waals surface area (Å²) < 4.78 is 13.4. The maximum absolute atomic E-state index is 12.8. The molecule has 0 N–H and O–H groups in total. The standard InChI is InChI=1S/C12H14BrFO/c1-2-3-4-11(15)7-9-5-6-10(14)8-12(9)13/h5-6,8H,2-4,7H2,1H3. The van der Waals surface area contributed by atoms with Crippen LogP contribution in [0, 0.1) is 5.82 Å². The Labute approximate surface area is 97.8 Å². The number of rotatable bonds is 5. The van der Waals surface area contributed by atoms with Gasteiger partial charge in [0.05, 0.1) is 0 Å². The highest BCUT2D eigenvalue weighted by Crippen LogP contribution is 2.19. The second kappa shape index (κ2) is 6.01. The lowest BCUT2D eigenvalue weighted by Crippen LogP contribution is -2.03. The third-order valence-corrected chi connectivity index (χ3v) is 2.95. The smallest absolute Gasteiger partial charge is 0.137 e. The Morgan fingerprint density at radius 3 is 2.80 bits per heavy atom. The number of carbonyl (C=O) groups is 1. The lowest BCUT2D eigenvalue weighted by atomic mass is 10.1. The molecule has 1 aromatic carbocycles. The van der Waals surface area contributed by atoms with Crippen molar-refractivity contribution in [3.63, 3.8) is 0 Å². The SMILES string of the molecule is CCCCC(=O)Cc1ccc(F)cc1Br. The van der Waals surface area contributed by atoms with Gasteiger partial charge >= 0.3 is 0 Å². The summed E-state index contributed by atoms with van der Waals surface area (Å²) in [6.45, 7) is 2.06. The van der Waals surface area contributed by atoms with Crippen LogP contribution in [-0.4, -0.2) is 5.78 Å². The average molecular weight is 273 g/mol. The molecule has 1 aromatic rings. The molecule has 0 saturated heterocycles. The van der Waals surface area contributed by atoms with Crippen molar-refractivity contribution >= 4 is 21.7 Å². The Morgan fingerprint density at radius 2 is 2.20 bits per heavy atom. The van der Waals surface area contributed by atoms with E-state index in [0.717, 1.165) is 18.4 Å². The van der Waals surface area contributed by atoms with E-state index >= 15 is 0 Å². The number of halogens is 2. The highest BCUT2D eigenvalue weighted by Gasteiger charge is 2.07. The predicted octanol–water partition coefficient (Wildman–Crippen LogP) is 3.89. The van der Waals surface area contributed by atoms with Crippen molar-refractivity contribution in [3.05, 3.63) is 34.1 Å². The van der Waals surface area contributed by atoms with Gasteiger partial charge in [-0.05, 0) is 24.1 Å². The summed E-state index contributed by atoms with van der Waals surface area (Å²) in [5.41, 5.74) is 0.859. The van der Waals surface area contributed by atoms with E-state index in [-0.39, 0.29) is 11.6 Å². The molecule has 82 valence electrons. The molecule has 0 bridgehead atoms. The van der Waals surface area contributed by atoms with Crippen LogP contribution in [0.4, 0.5) is 4.39 Å². The van der Waals surface area contributed by atoms with Crippen molar-refractivity contribution in [2.45, 2.75) is 32.6 Å². The van der Waals surface area contributed by atoms with Crippen LogP contribution >= 0.6 is 15.9 Å². The van der Waals surface area contributed by atoms with Gasteiger partial charge in [0.1, 0.15) is 11.6 Å². The molecule has 0 radical (unpaired) electrons. The van der Waals surface area contributed by atoms with E-state index in [0.29, 0.717) is 17.3 Å². The van der Waals surface area contributed by atoms with Crippen LogP contribution in [0.5, 0.6) is 0 Å². The minimum absolute atomic E-state index is 0.212. The number of Topliss-reactive ketones (excluding diaryl/α,β-unsaturated/α-hetero) is 1. The molecule has 0 amide bonds. The summed E-state index contributed by atoms with van der Waals surface area (Å²) in [5, 5.41) is 0. The first-order chi connectivity index (χ1) is 7.13. The van der Waals surface area contributed by atoms with Crippen molar-refractivity contribution in [1.29, 1.82) is 0 Å². The summed E-state index contributed by atoms with van der Waals surface area (Å²) in [6.07, 6.45) is 2.95. The molecule has 0 aliphatic heterocycles. The molecular formula is C12H14BrFO. The minimum Gasteiger partial charge on any atom is -0.299 e. The summed E-state index contributed by atoms with van der Waals surface area (Å²) in [4.78, 5) is 11.5. The van der Waals surface area contributed by atoms with Crippen LogP contribution in [0.2, 0.25) is 0 Å².